The van der Waals surface area contributed by atoms with Crippen LogP contribution in [0.15, 0.2) is 48.5 Å². The maximum absolute atomic E-state index is 13.3. The maximum atomic E-state index is 13.3. The first-order valence-electron chi connectivity index (χ1n) is 7.87. The lowest BCUT2D eigenvalue weighted by Crippen LogP contribution is -2.18. The fourth-order valence-corrected chi connectivity index (χ4v) is 2.78. The molecule has 0 fully saturated rings. The van der Waals surface area contributed by atoms with Gasteiger partial charge in [0, 0.05) is 18.5 Å². The van der Waals surface area contributed by atoms with E-state index in [1.807, 2.05) is 30.3 Å². The summed E-state index contributed by atoms with van der Waals surface area (Å²) in [5.41, 5.74) is 2.90. The van der Waals surface area contributed by atoms with E-state index in [9.17, 15) is 9.18 Å². The monoisotopic (exact) mass is 313 g/mol. The second-order valence-electron chi connectivity index (χ2n) is 7.07. The van der Waals surface area contributed by atoms with Gasteiger partial charge in [-0.1, -0.05) is 45.0 Å². The Kier molecular flexibility index (Phi) is 5.19. The van der Waals surface area contributed by atoms with Crippen molar-refractivity contribution >= 4 is 5.91 Å². The number of halogens is 1. The van der Waals surface area contributed by atoms with E-state index in [-0.39, 0.29) is 23.1 Å². The van der Waals surface area contributed by atoms with E-state index in [1.165, 1.54) is 12.1 Å². The van der Waals surface area contributed by atoms with Crippen LogP contribution in [-0.4, -0.2) is 13.0 Å². The lowest BCUT2D eigenvalue weighted by Gasteiger charge is -2.27. The molecule has 0 aliphatic carbocycles. The normalized spacial score (nSPS) is 12.7. The Balaban J connectivity index is 2.45. The van der Waals surface area contributed by atoms with E-state index in [0.29, 0.717) is 5.56 Å². The van der Waals surface area contributed by atoms with Gasteiger partial charge in [0.1, 0.15) is 5.82 Å². The molecule has 0 bridgehead atoms. The molecule has 1 N–H and O–H groups in total. The number of hydrogen-bond acceptors (Lipinski definition) is 1. The van der Waals surface area contributed by atoms with Crippen LogP contribution in [0.4, 0.5) is 4.39 Å². The molecule has 1 amide bonds. The lowest BCUT2D eigenvalue weighted by atomic mass is 9.78. The van der Waals surface area contributed by atoms with Crippen LogP contribution >= 0.6 is 0 Å². The van der Waals surface area contributed by atoms with Gasteiger partial charge in [-0.25, -0.2) is 4.39 Å². The number of hydrogen-bond donors (Lipinski definition) is 1. The number of carbonyl (C=O) groups is 1. The average Bonchev–Trinajstić information content (AvgIpc) is 2.52. The minimum atomic E-state index is -0.234. The Hall–Kier alpha value is -2.16. The Morgan fingerprint density at radius 2 is 1.74 bits per heavy atom. The lowest BCUT2D eigenvalue weighted by molar-refractivity contribution is 0.0963. The van der Waals surface area contributed by atoms with Gasteiger partial charge in [-0.05, 0) is 47.2 Å². The van der Waals surface area contributed by atoms with Crippen molar-refractivity contribution in [2.75, 3.05) is 7.05 Å². The van der Waals surface area contributed by atoms with Gasteiger partial charge in [-0.15, -0.1) is 0 Å². The zero-order valence-corrected chi connectivity index (χ0v) is 14.2. The summed E-state index contributed by atoms with van der Waals surface area (Å²) in [6.07, 6.45) is 0.913. The van der Waals surface area contributed by atoms with Crippen molar-refractivity contribution in [3.8, 4) is 0 Å². The van der Waals surface area contributed by atoms with Gasteiger partial charge in [0.25, 0.3) is 5.91 Å². The van der Waals surface area contributed by atoms with Crippen LogP contribution in [0, 0.1) is 11.2 Å². The highest BCUT2D eigenvalue weighted by molar-refractivity contribution is 5.94. The number of carbonyl (C=O) groups excluding carboxylic acids is 1. The summed E-state index contributed by atoms with van der Waals surface area (Å²) in [6, 6.07) is 14.3. The molecule has 0 aliphatic rings. The van der Waals surface area contributed by atoms with Crippen molar-refractivity contribution in [1.29, 1.82) is 0 Å². The third kappa shape index (κ3) is 4.65. The highest BCUT2D eigenvalue weighted by Crippen LogP contribution is 2.36. The summed E-state index contributed by atoms with van der Waals surface area (Å²) < 4.78 is 13.3. The van der Waals surface area contributed by atoms with Gasteiger partial charge in [0.2, 0.25) is 0 Å². The van der Waals surface area contributed by atoms with Crippen molar-refractivity contribution < 1.29 is 9.18 Å². The van der Waals surface area contributed by atoms with Gasteiger partial charge in [0.15, 0.2) is 0 Å². The van der Waals surface area contributed by atoms with E-state index in [4.69, 9.17) is 0 Å². The molecular formula is C20H24FNO. The fraction of sp³-hybridized carbons (Fsp3) is 0.350. The molecule has 2 aromatic carbocycles. The number of nitrogens with one attached hydrogen (secondary N) is 1. The molecule has 1 atom stereocenters. The minimum absolute atomic E-state index is 0.0968. The van der Waals surface area contributed by atoms with Crippen LogP contribution in [0.3, 0.4) is 0 Å². The summed E-state index contributed by atoms with van der Waals surface area (Å²) in [7, 11) is 1.63. The van der Waals surface area contributed by atoms with Gasteiger partial charge < -0.3 is 5.32 Å². The van der Waals surface area contributed by atoms with Crippen molar-refractivity contribution in [1.82, 2.24) is 5.32 Å². The van der Waals surface area contributed by atoms with E-state index in [1.54, 1.807) is 13.1 Å². The third-order valence-corrected chi connectivity index (χ3v) is 3.87. The molecule has 3 heteroatoms. The zero-order valence-electron chi connectivity index (χ0n) is 14.2. The van der Waals surface area contributed by atoms with E-state index < -0.39 is 0 Å². The Bertz CT molecular complexity index is 671. The third-order valence-electron chi connectivity index (χ3n) is 3.87. The Labute approximate surface area is 137 Å². The highest BCUT2D eigenvalue weighted by atomic mass is 19.1. The summed E-state index contributed by atoms with van der Waals surface area (Å²) in [4.78, 5) is 11.9. The molecule has 0 aliphatic heterocycles. The molecule has 2 aromatic rings. The van der Waals surface area contributed by atoms with Crippen molar-refractivity contribution in [2.24, 2.45) is 5.41 Å². The first-order valence-corrected chi connectivity index (χ1v) is 7.87. The first kappa shape index (κ1) is 17.2. The minimum Gasteiger partial charge on any atom is -0.355 e. The molecular weight excluding hydrogens is 289 g/mol. The maximum Gasteiger partial charge on any atom is 0.251 e. The number of benzene rings is 2. The predicted octanol–water partition coefficient (Wildman–Crippen LogP) is 4.75. The van der Waals surface area contributed by atoms with Crippen molar-refractivity contribution in [2.45, 2.75) is 33.1 Å². The largest absolute Gasteiger partial charge is 0.355 e. The second-order valence-corrected chi connectivity index (χ2v) is 7.07. The zero-order chi connectivity index (χ0) is 17.0. The van der Waals surface area contributed by atoms with Gasteiger partial charge in [-0.3, -0.25) is 4.79 Å². The molecule has 2 nitrogen and oxygen atoms in total. The fourth-order valence-electron chi connectivity index (χ4n) is 2.78. The molecule has 0 saturated heterocycles. The Morgan fingerprint density at radius 3 is 2.30 bits per heavy atom. The van der Waals surface area contributed by atoms with Crippen LogP contribution in [0.5, 0.6) is 0 Å². The smallest absolute Gasteiger partial charge is 0.251 e. The molecule has 23 heavy (non-hydrogen) atoms. The van der Waals surface area contributed by atoms with Crippen LogP contribution in [0.2, 0.25) is 0 Å². The summed E-state index contributed by atoms with van der Waals surface area (Å²) >= 11 is 0. The quantitative estimate of drug-likeness (QED) is 0.867. The molecule has 2 rings (SSSR count). The van der Waals surface area contributed by atoms with Crippen molar-refractivity contribution in [3.63, 3.8) is 0 Å². The molecule has 0 aromatic heterocycles. The molecule has 0 radical (unpaired) electrons. The molecule has 0 saturated carbocycles. The van der Waals surface area contributed by atoms with Gasteiger partial charge >= 0.3 is 0 Å². The standard InChI is InChI=1S/C20H24FNO/c1-20(2,3)13-18(14-8-10-17(21)11-9-14)15-6-5-7-16(12-15)19(23)22-4/h5-12,18H,13H2,1-4H3,(H,22,23). The molecule has 0 spiro atoms. The average molecular weight is 313 g/mol. The van der Waals surface area contributed by atoms with E-state index in [0.717, 1.165) is 17.5 Å². The second kappa shape index (κ2) is 6.95. The van der Waals surface area contributed by atoms with Crippen LogP contribution in [0.25, 0.3) is 0 Å². The highest BCUT2D eigenvalue weighted by Gasteiger charge is 2.22. The molecule has 122 valence electrons. The summed E-state index contributed by atoms with van der Waals surface area (Å²) in [6.45, 7) is 6.56. The van der Waals surface area contributed by atoms with E-state index in [2.05, 4.69) is 26.1 Å². The summed E-state index contributed by atoms with van der Waals surface area (Å²) in [5, 5.41) is 2.65. The van der Waals surface area contributed by atoms with Crippen molar-refractivity contribution in [3.05, 3.63) is 71.0 Å². The first-order chi connectivity index (χ1) is 10.8. The predicted molar refractivity (Wildman–Crippen MR) is 92.1 cm³/mol. The summed E-state index contributed by atoms with van der Waals surface area (Å²) in [5.74, 6) is -0.206. The van der Waals surface area contributed by atoms with Crippen LogP contribution in [0.1, 0.15) is 54.6 Å². The van der Waals surface area contributed by atoms with Gasteiger partial charge in [0.05, 0.1) is 0 Å². The number of rotatable bonds is 4. The van der Waals surface area contributed by atoms with Gasteiger partial charge in [-0.2, -0.15) is 0 Å². The molecule has 1 unspecified atom stereocenters. The molecule has 0 heterocycles. The Morgan fingerprint density at radius 1 is 1.09 bits per heavy atom. The van der Waals surface area contributed by atoms with E-state index >= 15 is 0 Å². The van der Waals surface area contributed by atoms with Crippen LogP contribution in [-0.2, 0) is 0 Å². The number of amides is 1. The SMILES string of the molecule is CNC(=O)c1cccc(C(CC(C)(C)C)c2ccc(F)cc2)c1. The van der Waals surface area contributed by atoms with Crippen LogP contribution < -0.4 is 5.32 Å². The topological polar surface area (TPSA) is 29.1 Å².